The van der Waals surface area contributed by atoms with E-state index in [4.69, 9.17) is 0 Å². The topological polar surface area (TPSA) is 3.24 Å². The molecule has 0 saturated heterocycles. The first-order valence-electron chi connectivity index (χ1n) is 3.08. The first-order valence-corrected chi connectivity index (χ1v) is 4.17. The van der Waals surface area contributed by atoms with Crippen LogP contribution in [0.4, 0.5) is 0 Å². The summed E-state index contributed by atoms with van der Waals surface area (Å²) in [7, 11) is 0. The van der Waals surface area contributed by atoms with Crippen LogP contribution in [-0.4, -0.2) is 34.5 Å². The summed E-state index contributed by atoms with van der Waals surface area (Å²) < 4.78 is 2.40. The summed E-state index contributed by atoms with van der Waals surface area (Å²) in [6.45, 7) is 8.90. The van der Waals surface area contributed by atoms with Crippen LogP contribution in [0.3, 0.4) is 0 Å². The average molecular weight is 170 g/mol. The van der Waals surface area contributed by atoms with E-state index in [-0.39, 0.29) is 0 Å². The van der Waals surface area contributed by atoms with Crippen molar-refractivity contribution >= 4 is 18.8 Å². The minimum atomic E-state index is 0.704. The molecule has 0 rings (SSSR count). The van der Waals surface area contributed by atoms with Gasteiger partial charge in [-0.3, -0.25) is 0 Å². The van der Waals surface area contributed by atoms with E-state index in [2.05, 4.69) is 31.3 Å². The Kier molecular flexibility index (Phi) is 3.86. The van der Waals surface area contributed by atoms with Crippen LogP contribution in [-0.2, 0) is 0 Å². The first kappa shape index (κ1) is 8.60. The van der Waals surface area contributed by atoms with Crippen LogP contribution in [0.15, 0.2) is 0 Å². The molecule has 0 amide bonds. The predicted octanol–water partition coefficient (Wildman–Crippen LogP) is 1.19. The van der Waals surface area contributed by atoms with Gasteiger partial charge in [0.1, 0.15) is 0 Å². The maximum absolute atomic E-state index is 2.40. The quantitative estimate of drug-likeness (QED) is 0.562. The summed E-state index contributed by atoms with van der Waals surface area (Å²) in [6.07, 6.45) is 0. The van der Waals surface area contributed by atoms with E-state index in [0.29, 0.717) is 12.1 Å². The second-order valence-electron chi connectivity index (χ2n) is 2.63. The van der Waals surface area contributed by atoms with Crippen molar-refractivity contribution < 1.29 is 0 Å². The fourth-order valence-corrected chi connectivity index (χ4v) is 0.596. The van der Waals surface area contributed by atoms with E-state index in [9.17, 15) is 0 Å². The fraction of sp³-hybridized carbons (Fsp3) is 1.00. The fourth-order valence-electron chi connectivity index (χ4n) is 0.596. The molecule has 0 saturated carbocycles. The molecule has 0 aromatic carbocycles. The Morgan fingerprint density at radius 2 is 1.25 bits per heavy atom. The Morgan fingerprint density at radius 1 is 1.00 bits per heavy atom. The molecule has 0 aromatic rings. The van der Waals surface area contributed by atoms with Gasteiger partial charge in [-0.25, -0.2) is 0 Å². The Hall–Kier alpha value is 0.596. The molecule has 2 heteroatoms. The van der Waals surface area contributed by atoms with Crippen molar-refractivity contribution in [2.45, 2.75) is 39.8 Å². The molecule has 8 heavy (non-hydrogen) atoms. The molecule has 0 atom stereocenters. The molecule has 0 aliphatic carbocycles. The van der Waals surface area contributed by atoms with Gasteiger partial charge in [-0.05, 0) is 0 Å². The molecule has 0 aliphatic heterocycles. The zero-order valence-corrected chi connectivity index (χ0v) is 8.60. The molecule has 2 radical (unpaired) electrons. The van der Waals surface area contributed by atoms with Crippen molar-refractivity contribution in [2.24, 2.45) is 0 Å². The van der Waals surface area contributed by atoms with Crippen LogP contribution >= 0.6 is 0 Å². The van der Waals surface area contributed by atoms with Crippen molar-refractivity contribution in [1.82, 2.24) is 3.61 Å². The van der Waals surface area contributed by atoms with Crippen molar-refractivity contribution in [3.63, 3.8) is 0 Å². The second-order valence-corrected chi connectivity index (χ2v) is 3.89. The van der Waals surface area contributed by atoms with Gasteiger partial charge in [0, 0.05) is 0 Å². The van der Waals surface area contributed by atoms with E-state index in [1.807, 2.05) is 0 Å². The van der Waals surface area contributed by atoms with E-state index in [1.165, 1.54) is 0 Å². The summed E-state index contributed by atoms with van der Waals surface area (Å²) in [4.78, 5) is 0. The van der Waals surface area contributed by atoms with Gasteiger partial charge in [-0.15, -0.1) is 0 Å². The zero-order chi connectivity index (χ0) is 6.73. The van der Waals surface area contributed by atoms with Crippen molar-refractivity contribution in [2.75, 3.05) is 0 Å². The monoisotopic (exact) mass is 169 g/mol. The molecule has 1 nitrogen and oxygen atoms in total. The third-order valence-corrected chi connectivity index (χ3v) is 3.69. The molecule has 0 fully saturated rings. The summed E-state index contributed by atoms with van der Waals surface area (Å²) in [6, 6.07) is 1.41. The van der Waals surface area contributed by atoms with E-state index in [0.717, 1.165) is 0 Å². The molecule has 0 spiro atoms. The van der Waals surface area contributed by atoms with Crippen LogP contribution in [0.25, 0.3) is 0 Å². The number of rotatable bonds is 2. The van der Waals surface area contributed by atoms with Crippen molar-refractivity contribution in [3.05, 3.63) is 0 Å². The van der Waals surface area contributed by atoms with Crippen LogP contribution in [0.2, 0.25) is 0 Å². The Labute approximate surface area is 62.6 Å². The van der Waals surface area contributed by atoms with Crippen LogP contribution in [0.1, 0.15) is 27.7 Å². The van der Waals surface area contributed by atoms with Gasteiger partial charge < -0.3 is 0 Å². The average Bonchev–Trinajstić information content (AvgIpc) is 1.64. The molecule has 0 bridgehead atoms. The predicted molar refractivity (Wildman–Crippen MR) is 37.9 cm³/mol. The standard InChI is InChI=1S/C6H14N.Ga/c1-5(2)7-6(3)4;/h5-6H,1-4H3;/q-1;+1. The Balaban J connectivity index is 3.46. The van der Waals surface area contributed by atoms with Gasteiger partial charge in [-0.1, -0.05) is 0 Å². The zero-order valence-electron chi connectivity index (χ0n) is 6.18. The second kappa shape index (κ2) is 3.59. The van der Waals surface area contributed by atoms with Gasteiger partial charge in [0.05, 0.1) is 0 Å². The molecule has 0 heterocycles. The maximum atomic E-state index is 2.40. The van der Waals surface area contributed by atoms with Crippen molar-refractivity contribution in [1.29, 1.82) is 0 Å². The van der Waals surface area contributed by atoms with Crippen LogP contribution in [0.5, 0.6) is 0 Å². The van der Waals surface area contributed by atoms with Crippen LogP contribution in [0, 0.1) is 0 Å². The Morgan fingerprint density at radius 3 is 1.25 bits per heavy atom. The first-order chi connectivity index (χ1) is 3.55. The molecule has 0 unspecified atom stereocenters. The number of hydrogen-bond acceptors (Lipinski definition) is 1. The molecule has 0 N–H and O–H groups in total. The summed E-state index contributed by atoms with van der Waals surface area (Å²) >= 11 is 1.72. The van der Waals surface area contributed by atoms with Crippen molar-refractivity contribution in [3.8, 4) is 0 Å². The van der Waals surface area contributed by atoms with E-state index >= 15 is 0 Å². The molecule has 0 aliphatic rings. The SMILES string of the molecule is CC(C)[N]([Ga])C(C)C. The van der Waals surface area contributed by atoms with Gasteiger partial charge >= 0.3 is 62.2 Å². The molecule has 46 valence electrons. The number of hydrogen-bond donors (Lipinski definition) is 0. The van der Waals surface area contributed by atoms with Gasteiger partial charge in [0.2, 0.25) is 0 Å². The molecule has 0 aromatic heterocycles. The number of nitrogens with zero attached hydrogens (tertiary/aromatic N) is 1. The minimum absolute atomic E-state index is 0.704. The third-order valence-electron chi connectivity index (χ3n) is 1.19. The summed E-state index contributed by atoms with van der Waals surface area (Å²) in [5.74, 6) is 0. The van der Waals surface area contributed by atoms with E-state index < -0.39 is 0 Å². The van der Waals surface area contributed by atoms with E-state index in [1.54, 1.807) is 18.8 Å². The van der Waals surface area contributed by atoms with Gasteiger partial charge in [0.25, 0.3) is 0 Å². The molecular weight excluding hydrogens is 156 g/mol. The van der Waals surface area contributed by atoms with Crippen LogP contribution < -0.4 is 0 Å². The normalized spacial score (nSPS) is 11.9. The summed E-state index contributed by atoms with van der Waals surface area (Å²) in [5.41, 5.74) is 0. The molecular formula is C6H14GaN. The summed E-state index contributed by atoms with van der Waals surface area (Å²) in [5, 5.41) is 0. The Bertz CT molecular complexity index is 53.5. The van der Waals surface area contributed by atoms with Gasteiger partial charge in [-0.2, -0.15) is 0 Å². The third kappa shape index (κ3) is 2.80. The van der Waals surface area contributed by atoms with Gasteiger partial charge in [0.15, 0.2) is 0 Å².